The Labute approximate surface area is 112 Å². The van der Waals surface area contributed by atoms with E-state index in [1.807, 2.05) is 6.92 Å². The summed E-state index contributed by atoms with van der Waals surface area (Å²) in [6.07, 6.45) is 3.81. The largest absolute Gasteiger partial charge is 0.369 e. The van der Waals surface area contributed by atoms with Gasteiger partial charge in [0.25, 0.3) is 5.91 Å². The molecule has 1 aliphatic rings. The van der Waals surface area contributed by atoms with Crippen molar-refractivity contribution in [2.45, 2.75) is 26.2 Å². The van der Waals surface area contributed by atoms with Gasteiger partial charge in [-0.1, -0.05) is 6.92 Å². The molecular formula is C13H18N4O2. The van der Waals surface area contributed by atoms with Gasteiger partial charge in [-0.05, 0) is 18.9 Å². The highest BCUT2D eigenvalue weighted by molar-refractivity contribution is 6.07. The minimum Gasteiger partial charge on any atom is -0.369 e. The Balaban J connectivity index is 2.42. The number of carbonyl (C=O) groups excluding carboxylic acids is 2. The van der Waals surface area contributed by atoms with Crippen LogP contribution in [0.1, 0.15) is 36.5 Å². The number of hydrogen-bond donors (Lipinski definition) is 2. The van der Waals surface area contributed by atoms with Crippen molar-refractivity contribution in [3.63, 3.8) is 0 Å². The van der Waals surface area contributed by atoms with E-state index in [9.17, 15) is 9.59 Å². The molecule has 0 radical (unpaired) electrons. The molecule has 0 bridgehead atoms. The average Bonchev–Trinajstić information content (AvgIpc) is 2.81. The topological polar surface area (TPSA) is 88.3 Å². The number of rotatable bonds is 5. The fourth-order valence-corrected chi connectivity index (χ4v) is 2.20. The van der Waals surface area contributed by atoms with Crippen LogP contribution in [0.15, 0.2) is 12.3 Å². The number of nitrogens with zero attached hydrogens (tertiary/aromatic N) is 2. The molecule has 1 fully saturated rings. The van der Waals surface area contributed by atoms with E-state index in [2.05, 4.69) is 10.3 Å². The van der Waals surface area contributed by atoms with Gasteiger partial charge in [-0.25, -0.2) is 4.98 Å². The molecule has 0 saturated carbocycles. The predicted octanol–water partition coefficient (Wildman–Crippen LogP) is 1.13. The monoisotopic (exact) mass is 262 g/mol. The summed E-state index contributed by atoms with van der Waals surface area (Å²) in [4.78, 5) is 29.2. The molecule has 19 heavy (non-hydrogen) atoms. The Kier molecular flexibility index (Phi) is 3.99. The Morgan fingerprint density at radius 1 is 1.58 bits per heavy atom. The third kappa shape index (κ3) is 2.67. The number of amides is 2. The second-order valence-electron chi connectivity index (χ2n) is 4.49. The molecule has 1 aliphatic heterocycles. The lowest BCUT2D eigenvalue weighted by molar-refractivity contribution is -0.117. The first kappa shape index (κ1) is 13.3. The first-order chi connectivity index (χ1) is 9.15. The van der Waals surface area contributed by atoms with Crippen LogP contribution in [0.4, 0.5) is 11.5 Å². The van der Waals surface area contributed by atoms with Crippen LogP contribution in [0.5, 0.6) is 0 Å². The molecule has 6 heteroatoms. The van der Waals surface area contributed by atoms with Gasteiger partial charge in [-0.3, -0.25) is 9.59 Å². The summed E-state index contributed by atoms with van der Waals surface area (Å²) < 4.78 is 0. The number of carbonyl (C=O) groups is 2. The van der Waals surface area contributed by atoms with E-state index in [4.69, 9.17) is 5.73 Å². The van der Waals surface area contributed by atoms with E-state index >= 15 is 0 Å². The zero-order chi connectivity index (χ0) is 13.8. The Bertz CT molecular complexity index is 501. The second kappa shape index (κ2) is 5.69. The molecule has 0 atom stereocenters. The van der Waals surface area contributed by atoms with Crippen molar-refractivity contribution in [1.29, 1.82) is 0 Å². The van der Waals surface area contributed by atoms with Crippen LogP contribution in [0.25, 0.3) is 0 Å². The van der Waals surface area contributed by atoms with Crippen molar-refractivity contribution in [2.75, 3.05) is 23.3 Å². The van der Waals surface area contributed by atoms with Crippen molar-refractivity contribution in [1.82, 2.24) is 4.98 Å². The number of pyridine rings is 1. The van der Waals surface area contributed by atoms with Crippen LogP contribution < -0.4 is 16.0 Å². The molecule has 2 amide bonds. The third-order valence-corrected chi connectivity index (χ3v) is 3.08. The summed E-state index contributed by atoms with van der Waals surface area (Å²) in [5.74, 6) is -0.0944. The highest BCUT2D eigenvalue weighted by Gasteiger charge is 2.27. The zero-order valence-electron chi connectivity index (χ0n) is 11.0. The number of aromatic nitrogens is 1. The normalized spacial score (nSPS) is 14.8. The van der Waals surface area contributed by atoms with Crippen LogP contribution in [-0.2, 0) is 4.79 Å². The predicted molar refractivity (Wildman–Crippen MR) is 73.1 cm³/mol. The molecule has 0 aliphatic carbocycles. The summed E-state index contributed by atoms with van der Waals surface area (Å²) in [5.41, 5.74) is 6.30. The number of primary amides is 1. The quantitative estimate of drug-likeness (QED) is 0.832. The van der Waals surface area contributed by atoms with Crippen molar-refractivity contribution in [2.24, 2.45) is 5.73 Å². The van der Waals surface area contributed by atoms with Gasteiger partial charge in [0.2, 0.25) is 5.91 Å². The fourth-order valence-electron chi connectivity index (χ4n) is 2.20. The molecule has 2 heterocycles. The van der Waals surface area contributed by atoms with E-state index in [-0.39, 0.29) is 5.91 Å². The molecule has 0 spiro atoms. The molecule has 6 nitrogen and oxygen atoms in total. The van der Waals surface area contributed by atoms with Gasteiger partial charge in [-0.15, -0.1) is 0 Å². The summed E-state index contributed by atoms with van der Waals surface area (Å²) >= 11 is 0. The standard InChI is InChI=1S/C13H18N4O2/c1-2-6-15-13-11(12(14)19)9(5-7-16-13)17-8-3-4-10(17)18/h5,7H,2-4,6,8H2,1H3,(H2,14,19)(H,15,16). The highest BCUT2D eigenvalue weighted by atomic mass is 16.2. The molecule has 2 rings (SSSR count). The van der Waals surface area contributed by atoms with Crippen LogP contribution in [-0.4, -0.2) is 29.9 Å². The van der Waals surface area contributed by atoms with Gasteiger partial charge in [0.05, 0.1) is 5.69 Å². The number of hydrogen-bond acceptors (Lipinski definition) is 4. The highest BCUT2D eigenvalue weighted by Crippen LogP contribution is 2.28. The van der Waals surface area contributed by atoms with E-state index in [0.29, 0.717) is 36.6 Å². The molecule has 0 aromatic carbocycles. The lowest BCUT2D eigenvalue weighted by Crippen LogP contribution is -2.28. The molecule has 1 aromatic heterocycles. The Morgan fingerprint density at radius 3 is 2.95 bits per heavy atom. The van der Waals surface area contributed by atoms with E-state index in [1.165, 1.54) is 0 Å². The van der Waals surface area contributed by atoms with Crippen LogP contribution in [0, 0.1) is 0 Å². The van der Waals surface area contributed by atoms with Gasteiger partial charge in [0.15, 0.2) is 0 Å². The molecule has 102 valence electrons. The molecule has 1 saturated heterocycles. The Hall–Kier alpha value is -2.11. The summed E-state index contributed by atoms with van der Waals surface area (Å²) in [6, 6.07) is 1.67. The Morgan fingerprint density at radius 2 is 2.37 bits per heavy atom. The van der Waals surface area contributed by atoms with Crippen LogP contribution in [0.3, 0.4) is 0 Å². The maximum Gasteiger partial charge on any atom is 0.254 e. The number of nitrogens with one attached hydrogen (secondary N) is 1. The van der Waals surface area contributed by atoms with Crippen molar-refractivity contribution >= 4 is 23.3 Å². The SMILES string of the molecule is CCCNc1nccc(N2CCCC2=O)c1C(N)=O. The minimum atomic E-state index is -0.568. The third-order valence-electron chi connectivity index (χ3n) is 3.08. The van der Waals surface area contributed by atoms with Crippen molar-refractivity contribution < 1.29 is 9.59 Å². The molecular weight excluding hydrogens is 244 g/mol. The average molecular weight is 262 g/mol. The summed E-state index contributed by atoms with van der Waals surface area (Å²) in [5, 5.41) is 3.07. The van der Waals surface area contributed by atoms with E-state index in [0.717, 1.165) is 12.8 Å². The zero-order valence-corrected chi connectivity index (χ0v) is 11.0. The van der Waals surface area contributed by atoms with Crippen LogP contribution in [0.2, 0.25) is 0 Å². The van der Waals surface area contributed by atoms with Crippen molar-refractivity contribution in [3.05, 3.63) is 17.8 Å². The maximum absolute atomic E-state index is 11.8. The minimum absolute atomic E-state index is 0.0233. The van der Waals surface area contributed by atoms with Gasteiger partial charge in [0.1, 0.15) is 11.4 Å². The summed E-state index contributed by atoms with van der Waals surface area (Å²) in [6.45, 7) is 3.34. The maximum atomic E-state index is 11.8. The van der Waals surface area contributed by atoms with Crippen molar-refractivity contribution in [3.8, 4) is 0 Å². The lowest BCUT2D eigenvalue weighted by atomic mass is 10.1. The van der Waals surface area contributed by atoms with Gasteiger partial charge >= 0.3 is 0 Å². The van der Waals surface area contributed by atoms with Gasteiger partial charge in [0, 0.05) is 25.7 Å². The van der Waals surface area contributed by atoms with E-state index in [1.54, 1.807) is 17.2 Å². The fraction of sp³-hybridized carbons (Fsp3) is 0.462. The molecule has 3 N–H and O–H groups in total. The lowest BCUT2D eigenvalue weighted by Gasteiger charge is -2.20. The molecule has 1 aromatic rings. The smallest absolute Gasteiger partial charge is 0.254 e. The van der Waals surface area contributed by atoms with Gasteiger partial charge in [-0.2, -0.15) is 0 Å². The van der Waals surface area contributed by atoms with Crippen LogP contribution >= 0.6 is 0 Å². The summed E-state index contributed by atoms with van der Waals surface area (Å²) in [7, 11) is 0. The molecule has 0 unspecified atom stereocenters. The van der Waals surface area contributed by atoms with E-state index < -0.39 is 5.91 Å². The number of anilines is 2. The number of nitrogens with two attached hydrogens (primary N) is 1. The second-order valence-corrected chi connectivity index (χ2v) is 4.49. The first-order valence-corrected chi connectivity index (χ1v) is 6.48. The first-order valence-electron chi connectivity index (χ1n) is 6.48. The van der Waals surface area contributed by atoms with Gasteiger partial charge < -0.3 is 16.0 Å².